The summed E-state index contributed by atoms with van der Waals surface area (Å²) >= 11 is 0. The molecule has 5 heteroatoms. The van der Waals surface area contributed by atoms with E-state index >= 15 is 0 Å². The zero-order valence-corrected chi connectivity index (χ0v) is 17.1. The molecule has 0 saturated heterocycles. The van der Waals surface area contributed by atoms with E-state index in [0.29, 0.717) is 11.3 Å². The summed E-state index contributed by atoms with van der Waals surface area (Å²) in [5.74, 6) is -2.50. The van der Waals surface area contributed by atoms with Crippen LogP contribution >= 0.6 is 0 Å². The van der Waals surface area contributed by atoms with Crippen molar-refractivity contribution in [3.8, 4) is 0 Å². The number of rotatable bonds is 6. The van der Waals surface area contributed by atoms with E-state index in [1.807, 2.05) is 39.8 Å². The normalized spacial score (nSPS) is 14.3. The number of hydrogen-bond donors (Lipinski definition) is 0. The number of ether oxygens (including phenoxy) is 1. The molecule has 2 rings (SSSR count). The SMILES string of the molecule is C=C/C(=C\C=C/C)N1C(=O)C(=O)C(C(=O)OCC)=C1c1ccc(C)cc1.CC. The van der Waals surface area contributed by atoms with Crippen LogP contribution in [0.25, 0.3) is 5.70 Å². The van der Waals surface area contributed by atoms with Crippen molar-refractivity contribution in [2.24, 2.45) is 0 Å². The van der Waals surface area contributed by atoms with Crippen LogP contribution in [0.2, 0.25) is 0 Å². The number of carbonyl (C=O) groups excluding carboxylic acids is 3. The van der Waals surface area contributed by atoms with Crippen LogP contribution in [0.3, 0.4) is 0 Å². The van der Waals surface area contributed by atoms with Crippen molar-refractivity contribution in [2.75, 3.05) is 6.61 Å². The highest BCUT2D eigenvalue weighted by Crippen LogP contribution is 2.34. The number of nitrogens with zero attached hydrogens (tertiary/aromatic N) is 1. The number of allylic oxidation sites excluding steroid dienone is 4. The minimum atomic E-state index is -0.882. The van der Waals surface area contributed by atoms with Crippen LogP contribution in [0.4, 0.5) is 0 Å². The Morgan fingerprint density at radius 1 is 1.18 bits per heavy atom. The first-order valence-corrected chi connectivity index (χ1v) is 9.28. The quantitative estimate of drug-likeness (QED) is 0.318. The molecular formula is C23H27NO4. The average molecular weight is 381 g/mol. The zero-order chi connectivity index (χ0) is 21.3. The fraction of sp³-hybridized carbons (Fsp3) is 0.261. The van der Waals surface area contributed by atoms with Gasteiger partial charge in [0.25, 0.3) is 5.78 Å². The minimum absolute atomic E-state index is 0.105. The van der Waals surface area contributed by atoms with Crippen molar-refractivity contribution < 1.29 is 19.1 Å². The van der Waals surface area contributed by atoms with Gasteiger partial charge in [-0.15, -0.1) is 0 Å². The van der Waals surface area contributed by atoms with Gasteiger partial charge in [-0.25, -0.2) is 4.79 Å². The molecule has 0 unspecified atom stereocenters. The van der Waals surface area contributed by atoms with E-state index in [9.17, 15) is 14.4 Å². The summed E-state index contributed by atoms with van der Waals surface area (Å²) in [7, 11) is 0. The summed E-state index contributed by atoms with van der Waals surface area (Å²) in [6.45, 7) is 13.2. The van der Waals surface area contributed by atoms with Crippen LogP contribution in [0, 0.1) is 6.92 Å². The Morgan fingerprint density at radius 3 is 2.29 bits per heavy atom. The molecule has 0 aromatic heterocycles. The molecule has 1 amide bonds. The molecular weight excluding hydrogens is 354 g/mol. The molecule has 0 aliphatic carbocycles. The Labute approximate surface area is 166 Å². The van der Waals surface area contributed by atoms with Crippen LogP contribution in [-0.4, -0.2) is 29.2 Å². The molecule has 1 aliphatic rings. The molecule has 0 spiro atoms. The highest BCUT2D eigenvalue weighted by molar-refractivity contribution is 6.54. The summed E-state index contributed by atoms with van der Waals surface area (Å²) in [6.07, 6.45) is 6.63. The van der Waals surface area contributed by atoms with E-state index in [2.05, 4.69) is 6.58 Å². The predicted molar refractivity (Wildman–Crippen MR) is 111 cm³/mol. The molecule has 0 saturated carbocycles. The lowest BCUT2D eigenvalue weighted by Gasteiger charge is -2.21. The van der Waals surface area contributed by atoms with E-state index in [4.69, 9.17) is 4.74 Å². The van der Waals surface area contributed by atoms with Gasteiger partial charge in [-0.1, -0.05) is 62.4 Å². The Bertz CT molecular complexity index is 842. The Morgan fingerprint density at radius 2 is 1.79 bits per heavy atom. The van der Waals surface area contributed by atoms with Crippen LogP contribution in [0.1, 0.15) is 38.8 Å². The molecule has 0 radical (unpaired) electrons. The van der Waals surface area contributed by atoms with Crippen LogP contribution in [0.5, 0.6) is 0 Å². The van der Waals surface area contributed by atoms with Crippen LogP contribution in [0.15, 0.2) is 66.4 Å². The van der Waals surface area contributed by atoms with Gasteiger partial charge in [-0.3, -0.25) is 14.5 Å². The maximum atomic E-state index is 12.7. The van der Waals surface area contributed by atoms with E-state index in [0.717, 1.165) is 5.56 Å². The van der Waals surface area contributed by atoms with Gasteiger partial charge < -0.3 is 4.74 Å². The lowest BCUT2D eigenvalue weighted by Crippen LogP contribution is -2.27. The van der Waals surface area contributed by atoms with Crippen molar-refractivity contribution in [1.82, 2.24) is 4.90 Å². The number of ketones is 1. The Balaban J connectivity index is 0.00000190. The lowest BCUT2D eigenvalue weighted by molar-refractivity contribution is -0.143. The van der Waals surface area contributed by atoms with Crippen LogP contribution < -0.4 is 0 Å². The molecule has 0 fully saturated rings. The third-order valence-electron chi connectivity index (χ3n) is 3.82. The molecule has 0 bridgehead atoms. The number of carbonyl (C=O) groups is 3. The summed E-state index contributed by atoms with van der Waals surface area (Å²) in [6, 6.07) is 7.22. The lowest BCUT2D eigenvalue weighted by atomic mass is 10.0. The molecule has 1 aromatic carbocycles. The molecule has 1 heterocycles. The van der Waals surface area contributed by atoms with Gasteiger partial charge in [0.15, 0.2) is 0 Å². The van der Waals surface area contributed by atoms with Gasteiger partial charge in [-0.2, -0.15) is 0 Å². The highest BCUT2D eigenvalue weighted by atomic mass is 16.5. The third-order valence-corrected chi connectivity index (χ3v) is 3.82. The number of amides is 1. The molecule has 1 aromatic rings. The van der Waals surface area contributed by atoms with Gasteiger partial charge in [0.1, 0.15) is 5.57 Å². The number of hydrogen-bond acceptors (Lipinski definition) is 4. The average Bonchev–Trinajstić information content (AvgIpc) is 2.96. The summed E-state index contributed by atoms with van der Waals surface area (Å²) in [4.78, 5) is 38.8. The number of esters is 1. The second kappa shape index (κ2) is 10.8. The maximum Gasteiger partial charge on any atom is 0.344 e. The largest absolute Gasteiger partial charge is 0.462 e. The van der Waals surface area contributed by atoms with E-state index in [1.165, 1.54) is 11.0 Å². The van der Waals surface area contributed by atoms with Gasteiger partial charge in [0.2, 0.25) is 0 Å². The smallest absolute Gasteiger partial charge is 0.344 e. The fourth-order valence-corrected chi connectivity index (χ4v) is 2.58. The number of aryl methyl sites for hydroxylation is 1. The Hall–Kier alpha value is -3.21. The van der Waals surface area contributed by atoms with E-state index in [1.54, 1.807) is 37.3 Å². The molecule has 1 aliphatic heterocycles. The monoisotopic (exact) mass is 381 g/mol. The van der Waals surface area contributed by atoms with Crippen molar-refractivity contribution in [1.29, 1.82) is 0 Å². The van der Waals surface area contributed by atoms with Gasteiger partial charge in [-0.05, 0) is 38.5 Å². The molecule has 5 nitrogen and oxygen atoms in total. The fourth-order valence-electron chi connectivity index (χ4n) is 2.58. The van der Waals surface area contributed by atoms with Crippen LogP contribution in [-0.2, 0) is 19.1 Å². The molecule has 0 N–H and O–H groups in total. The molecule has 28 heavy (non-hydrogen) atoms. The van der Waals surface area contributed by atoms with Gasteiger partial charge in [0, 0.05) is 5.70 Å². The van der Waals surface area contributed by atoms with E-state index in [-0.39, 0.29) is 17.9 Å². The van der Waals surface area contributed by atoms with Gasteiger partial charge >= 0.3 is 11.9 Å². The predicted octanol–water partition coefficient (Wildman–Crippen LogP) is 4.35. The van der Waals surface area contributed by atoms with E-state index < -0.39 is 17.7 Å². The first-order chi connectivity index (χ1) is 13.5. The highest BCUT2D eigenvalue weighted by Gasteiger charge is 2.44. The molecule has 148 valence electrons. The van der Waals surface area contributed by atoms with Crippen molar-refractivity contribution >= 4 is 23.4 Å². The third kappa shape index (κ3) is 4.74. The second-order valence-electron chi connectivity index (χ2n) is 5.60. The maximum absolute atomic E-state index is 12.7. The number of benzene rings is 1. The van der Waals surface area contributed by atoms with Crippen molar-refractivity contribution in [3.63, 3.8) is 0 Å². The minimum Gasteiger partial charge on any atom is -0.462 e. The molecule has 0 atom stereocenters. The summed E-state index contributed by atoms with van der Waals surface area (Å²) < 4.78 is 5.01. The standard InChI is InChI=1S/C21H21NO4.C2H6/c1-5-8-9-16(6-2)22-18(15-12-10-14(4)11-13-15)17(19(23)20(22)24)21(25)26-7-3;1-2/h5-6,8-13H,2,7H2,1,3-4H3;1-2H3/b8-5-,16-9+;. The number of Topliss-reactive ketones (excluding diaryl/α,β-unsaturated/α-hetero) is 1. The first-order valence-electron chi connectivity index (χ1n) is 9.28. The van der Waals surface area contributed by atoms with Gasteiger partial charge in [0.05, 0.1) is 12.3 Å². The van der Waals surface area contributed by atoms with Crippen molar-refractivity contribution in [2.45, 2.75) is 34.6 Å². The zero-order valence-electron chi connectivity index (χ0n) is 17.1. The second-order valence-corrected chi connectivity index (χ2v) is 5.60. The topological polar surface area (TPSA) is 63.7 Å². The Kier molecular flexibility index (Phi) is 8.82. The summed E-state index contributed by atoms with van der Waals surface area (Å²) in [5.41, 5.74) is 1.95. The van der Waals surface area contributed by atoms with Crippen molar-refractivity contribution in [3.05, 3.63) is 77.5 Å². The summed E-state index contributed by atoms with van der Waals surface area (Å²) in [5, 5.41) is 0. The first kappa shape index (κ1) is 22.8.